The van der Waals surface area contributed by atoms with Gasteiger partial charge in [-0.25, -0.2) is 4.79 Å². The molecule has 3 fully saturated rings. The molecule has 2 heterocycles. The van der Waals surface area contributed by atoms with E-state index in [-0.39, 0.29) is 30.6 Å². The molecule has 1 aliphatic heterocycles. The van der Waals surface area contributed by atoms with Crippen molar-refractivity contribution < 1.29 is 19.1 Å². The second-order valence-corrected chi connectivity index (χ2v) is 9.73. The molecule has 2 saturated carbocycles. The van der Waals surface area contributed by atoms with E-state index in [1.807, 2.05) is 29.2 Å². The Morgan fingerprint density at radius 1 is 1.25 bits per heavy atom. The smallest absolute Gasteiger partial charge is 0.359 e. The first-order valence-electron chi connectivity index (χ1n) is 11.5. The van der Waals surface area contributed by atoms with Crippen molar-refractivity contribution >= 4 is 23.5 Å². The average Bonchev–Trinajstić information content (AvgIpc) is 3.67. The summed E-state index contributed by atoms with van der Waals surface area (Å²) in [5.74, 6) is 1.76. The van der Waals surface area contributed by atoms with E-state index in [0.29, 0.717) is 47.4 Å². The van der Waals surface area contributed by atoms with Crippen molar-refractivity contribution in [2.45, 2.75) is 57.2 Å². The molecule has 168 valence electrons. The number of esters is 1. The predicted octanol–water partition coefficient (Wildman–Crippen LogP) is 3.44. The SMILES string of the molecule is CCOC(=O)c1nn(CC(=O)N2CCC(Oc3ccccc3Cl)C3CC32)c2c1[C@@H]1C[C@@H]1C2. The lowest BCUT2D eigenvalue weighted by atomic mass is 10.1. The summed E-state index contributed by atoms with van der Waals surface area (Å²) in [6.07, 6.45) is 3.84. The lowest BCUT2D eigenvalue weighted by molar-refractivity contribution is -0.134. The summed E-state index contributed by atoms with van der Waals surface area (Å²) in [6.45, 7) is 2.96. The van der Waals surface area contributed by atoms with Crippen molar-refractivity contribution in [1.82, 2.24) is 14.7 Å². The van der Waals surface area contributed by atoms with Gasteiger partial charge < -0.3 is 14.4 Å². The molecule has 7 nitrogen and oxygen atoms in total. The first kappa shape index (κ1) is 20.1. The van der Waals surface area contributed by atoms with Crippen molar-refractivity contribution in [1.29, 1.82) is 0 Å². The number of aromatic nitrogens is 2. The highest BCUT2D eigenvalue weighted by molar-refractivity contribution is 6.32. The highest BCUT2D eigenvalue weighted by atomic mass is 35.5. The van der Waals surface area contributed by atoms with Gasteiger partial charge in [0, 0.05) is 36.2 Å². The zero-order chi connectivity index (χ0) is 22.0. The molecule has 1 saturated heterocycles. The molecule has 0 N–H and O–H groups in total. The van der Waals surface area contributed by atoms with Gasteiger partial charge in [0.15, 0.2) is 5.69 Å². The number of likely N-dealkylation sites (tertiary alicyclic amines) is 1. The van der Waals surface area contributed by atoms with Crippen LogP contribution in [0.4, 0.5) is 0 Å². The summed E-state index contributed by atoms with van der Waals surface area (Å²) in [5.41, 5.74) is 2.49. The van der Waals surface area contributed by atoms with Crippen molar-refractivity contribution in [3.05, 3.63) is 46.2 Å². The van der Waals surface area contributed by atoms with E-state index in [4.69, 9.17) is 21.1 Å². The van der Waals surface area contributed by atoms with Crippen LogP contribution in [0.3, 0.4) is 0 Å². The minimum Gasteiger partial charge on any atom is -0.488 e. The second kappa shape index (κ2) is 7.51. The van der Waals surface area contributed by atoms with Gasteiger partial charge in [-0.15, -0.1) is 0 Å². The van der Waals surface area contributed by atoms with Gasteiger partial charge in [-0.1, -0.05) is 23.7 Å². The highest BCUT2D eigenvalue weighted by Gasteiger charge is 2.53. The number of ether oxygens (including phenoxy) is 2. The molecule has 6 rings (SSSR count). The Bertz CT molecular complexity index is 1100. The van der Waals surface area contributed by atoms with Crippen LogP contribution in [0.2, 0.25) is 5.02 Å². The third kappa shape index (κ3) is 3.29. The largest absolute Gasteiger partial charge is 0.488 e. The van der Waals surface area contributed by atoms with E-state index in [9.17, 15) is 9.59 Å². The average molecular weight is 456 g/mol. The standard InChI is InChI=1S/C24H26ClN3O4/c1-2-31-24(30)23-22-14-9-13(14)10-18(22)28(26-23)12-21(29)27-8-7-19(15-11-17(15)27)32-20-6-4-3-5-16(20)25/h3-6,13-15,17,19H,2,7-12H2,1H3/t13-,14-,15?,17?,19?/m1/s1. The predicted molar refractivity (Wildman–Crippen MR) is 117 cm³/mol. The van der Waals surface area contributed by atoms with Gasteiger partial charge in [0.05, 0.1) is 11.6 Å². The van der Waals surface area contributed by atoms with E-state index in [2.05, 4.69) is 5.10 Å². The van der Waals surface area contributed by atoms with Crippen LogP contribution in [-0.2, 0) is 22.5 Å². The van der Waals surface area contributed by atoms with Crippen molar-refractivity contribution in [2.75, 3.05) is 13.2 Å². The summed E-state index contributed by atoms with van der Waals surface area (Å²) in [5, 5.41) is 5.15. The number of hydrogen-bond donors (Lipinski definition) is 0. The number of halogens is 1. The van der Waals surface area contributed by atoms with E-state index in [1.54, 1.807) is 11.6 Å². The molecule has 3 unspecified atom stereocenters. The molecular weight excluding hydrogens is 430 g/mol. The van der Waals surface area contributed by atoms with Gasteiger partial charge in [0.1, 0.15) is 18.4 Å². The number of nitrogens with zero attached hydrogens (tertiary/aromatic N) is 3. The number of carbonyl (C=O) groups is 2. The summed E-state index contributed by atoms with van der Waals surface area (Å²) >= 11 is 6.25. The Morgan fingerprint density at radius 2 is 2.09 bits per heavy atom. The quantitative estimate of drug-likeness (QED) is 0.624. The number of benzene rings is 1. The maximum absolute atomic E-state index is 13.2. The molecule has 1 aromatic carbocycles. The minimum absolute atomic E-state index is 0.0648. The highest BCUT2D eigenvalue weighted by Crippen LogP contribution is 2.57. The first-order chi connectivity index (χ1) is 15.5. The number of para-hydroxylation sites is 1. The molecule has 1 aromatic heterocycles. The number of carbonyl (C=O) groups excluding carboxylic acids is 2. The first-order valence-corrected chi connectivity index (χ1v) is 11.9. The van der Waals surface area contributed by atoms with Crippen LogP contribution in [0.5, 0.6) is 5.75 Å². The topological polar surface area (TPSA) is 73.7 Å². The third-order valence-electron chi connectivity index (χ3n) is 7.37. The lowest BCUT2D eigenvalue weighted by Gasteiger charge is -2.32. The van der Waals surface area contributed by atoms with Crippen LogP contribution in [-0.4, -0.2) is 51.9 Å². The van der Waals surface area contributed by atoms with Gasteiger partial charge in [0.2, 0.25) is 5.91 Å². The molecule has 0 radical (unpaired) electrons. The molecule has 0 bridgehead atoms. The Labute approximate surface area is 191 Å². The molecule has 0 spiro atoms. The van der Waals surface area contributed by atoms with Crippen LogP contribution in [0.15, 0.2) is 24.3 Å². The fraction of sp³-hybridized carbons (Fsp3) is 0.542. The van der Waals surface area contributed by atoms with Gasteiger partial charge >= 0.3 is 5.97 Å². The molecule has 4 aliphatic rings. The van der Waals surface area contributed by atoms with Crippen LogP contribution in [0.1, 0.15) is 53.8 Å². The third-order valence-corrected chi connectivity index (χ3v) is 7.69. The Morgan fingerprint density at radius 3 is 2.91 bits per heavy atom. The van der Waals surface area contributed by atoms with Gasteiger partial charge in [-0.05, 0) is 50.2 Å². The molecule has 1 amide bonds. The number of hydrogen-bond acceptors (Lipinski definition) is 5. The second-order valence-electron chi connectivity index (χ2n) is 9.32. The fourth-order valence-corrected chi connectivity index (χ4v) is 5.83. The number of rotatable bonds is 6. The molecule has 3 aliphatic carbocycles. The minimum atomic E-state index is -0.373. The van der Waals surface area contributed by atoms with Crippen molar-refractivity contribution in [3.8, 4) is 5.75 Å². The van der Waals surface area contributed by atoms with Crippen LogP contribution >= 0.6 is 11.6 Å². The van der Waals surface area contributed by atoms with E-state index >= 15 is 0 Å². The lowest BCUT2D eigenvalue weighted by Crippen LogP contribution is -2.44. The van der Waals surface area contributed by atoms with Crippen LogP contribution < -0.4 is 4.74 Å². The molecular formula is C24H26ClN3O4. The van der Waals surface area contributed by atoms with Crippen LogP contribution in [0, 0.1) is 11.8 Å². The van der Waals surface area contributed by atoms with Gasteiger partial charge in [-0.2, -0.15) is 5.10 Å². The van der Waals surface area contributed by atoms with Crippen molar-refractivity contribution in [3.63, 3.8) is 0 Å². The Kier molecular flexibility index (Phi) is 4.72. The molecule has 2 aromatic rings. The Hall–Kier alpha value is -2.54. The van der Waals surface area contributed by atoms with E-state index in [0.717, 1.165) is 36.9 Å². The van der Waals surface area contributed by atoms with Gasteiger partial charge in [-0.3, -0.25) is 9.48 Å². The zero-order valence-corrected chi connectivity index (χ0v) is 18.8. The summed E-state index contributed by atoms with van der Waals surface area (Å²) in [4.78, 5) is 27.6. The summed E-state index contributed by atoms with van der Waals surface area (Å²) in [7, 11) is 0. The summed E-state index contributed by atoms with van der Waals surface area (Å²) in [6, 6.07) is 7.74. The fourth-order valence-electron chi connectivity index (χ4n) is 5.65. The summed E-state index contributed by atoms with van der Waals surface area (Å²) < 4.78 is 13.2. The van der Waals surface area contributed by atoms with Crippen molar-refractivity contribution in [2.24, 2.45) is 11.8 Å². The normalized spacial score (nSPS) is 29.1. The number of fused-ring (bicyclic) bond motifs is 4. The monoisotopic (exact) mass is 455 g/mol. The van der Waals surface area contributed by atoms with E-state index in [1.165, 1.54) is 0 Å². The maximum Gasteiger partial charge on any atom is 0.359 e. The Balaban J connectivity index is 1.14. The molecule has 32 heavy (non-hydrogen) atoms. The number of amides is 1. The molecule has 5 atom stereocenters. The zero-order valence-electron chi connectivity index (χ0n) is 18.0. The van der Waals surface area contributed by atoms with Gasteiger partial charge in [0.25, 0.3) is 0 Å². The van der Waals surface area contributed by atoms with Crippen LogP contribution in [0.25, 0.3) is 0 Å². The number of piperidine rings is 1. The van der Waals surface area contributed by atoms with E-state index < -0.39 is 0 Å². The molecule has 8 heteroatoms. The maximum atomic E-state index is 13.2.